The predicted octanol–water partition coefficient (Wildman–Crippen LogP) is 2.84. The van der Waals surface area contributed by atoms with Crippen LogP contribution in [0, 0.1) is 18.6 Å². The zero-order valence-corrected chi connectivity index (χ0v) is 7.31. The first kappa shape index (κ1) is 9.71. The summed E-state index contributed by atoms with van der Waals surface area (Å²) in [5, 5.41) is 0. The molecule has 3 heteroatoms. The topological polar surface area (TPSA) is 9.23 Å². The Labute approximate surface area is 75.6 Å². The van der Waals surface area contributed by atoms with Gasteiger partial charge < -0.3 is 4.74 Å². The SMILES string of the molecule is C=CCOc1ccc(F)c(C)c1F. The number of benzene rings is 1. The van der Waals surface area contributed by atoms with E-state index in [1.807, 2.05) is 0 Å². The smallest absolute Gasteiger partial charge is 0.170 e. The Morgan fingerprint density at radius 3 is 2.77 bits per heavy atom. The molecule has 1 aromatic carbocycles. The van der Waals surface area contributed by atoms with Crippen molar-refractivity contribution in [3.05, 3.63) is 42.0 Å². The molecule has 0 heterocycles. The summed E-state index contributed by atoms with van der Waals surface area (Å²) in [6.07, 6.45) is 1.50. The van der Waals surface area contributed by atoms with E-state index in [1.54, 1.807) is 0 Å². The van der Waals surface area contributed by atoms with Crippen LogP contribution >= 0.6 is 0 Å². The van der Waals surface area contributed by atoms with E-state index < -0.39 is 11.6 Å². The first-order valence-corrected chi connectivity index (χ1v) is 3.85. The molecule has 0 unspecified atom stereocenters. The Balaban J connectivity index is 2.96. The number of rotatable bonds is 3. The van der Waals surface area contributed by atoms with Crippen molar-refractivity contribution in [2.75, 3.05) is 6.61 Å². The van der Waals surface area contributed by atoms with Crippen LogP contribution in [0.4, 0.5) is 8.78 Å². The molecule has 0 spiro atoms. The van der Waals surface area contributed by atoms with Gasteiger partial charge in [0.25, 0.3) is 0 Å². The van der Waals surface area contributed by atoms with E-state index >= 15 is 0 Å². The summed E-state index contributed by atoms with van der Waals surface area (Å²) >= 11 is 0. The molecule has 0 saturated heterocycles. The first-order valence-electron chi connectivity index (χ1n) is 3.85. The third-order valence-electron chi connectivity index (χ3n) is 1.64. The Morgan fingerprint density at radius 2 is 2.15 bits per heavy atom. The van der Waals surface area contributed by atoms with Gasteiger partial charge in [-0.05, 0) is 19.1 Å². The maximum Gasteiger partial charge on any atom is 0.170 e. The van der Waals surface area contributed by atoms with E-state index in [2.05, 4.69) is 6.58 Å². The number of ether oxygens (including phenoxy) is 1. The molecule has 13 heavy (non-hydrogen) atoms. The quantitative estimate of drug-likeness (QED) is 0.656. The molecule has 0 aromatic heterocycles. The Hall–Kier alpha value is -1.38. The van der Waals surface area contributed by atoms with Gasteiger partial charge in [0.05, 0.1) is 0 Å². The maximum absolute atomic E-state index is 13.2. The lowest BCUT2D eigenvalue weighted by Crippen LogP contribution is -1.98. The highest BCUT2D eigenvalue weighted by Crippen LogP contribution is 2.22. The molecule has 0 aliphatic carbocycles. The molecule has 0 radical (unpaired) electrons. The van der Waals surface area contributed by atoms with Crippen LogP contribution in [0.3, 0.4) is 0 Å². The van der Waals surface area contributed by atoms with E-state index in [0.29, 0.717) is 0 Å². The van der Waals surface area contributed by atoms with Crippen LogP contribution in [0.15, 0.2) is 24.8 Å². The monoisotopic (exact) mass is 184 g/mol. The number of hydrogen-bond acceptors (Lipinski definition) is 1. The van der Waals surface area contributed by atoms with Gasteiger partial charge in [-0.3, -0.25) is 0 Å². The Morgan fingerprint density at radius 1 is 1.46 bits per heavy atom. The fourth-order valence-corrected chi connectivity index (χ4v) is 0.897. The fraction of sp³-hybridized carbons (Fsp3) is 0.200. The van der Waals surface area contributed by atoms with Crippen molar-refractivity contribution in [2.45, 2.75) is 6.92 Å². The minimum Gasteiger partial charge on any atom is -0.486 e. The van der Waals surface area contributed by atoms with Crippen molar-refractivity contribution in [1.29, 1.82) is 0 Å². The molecule has 0 bridgehead atoms. The van der Waals surface area contributed by atoms with Gasteiger partial charge in [0.15, 0.2) is 11.6 Å². The highest BCUT2D eigenvalue weighted by Gasteiger charge is 2.09. The van der Waals surface area contributed by atoms with Crippen molar-refractivity contribution >= 4 is 0 Å². The highest BCUT2D eigenvalue weighted by atomic mass is 19.1. The molecular weight excluding hydrogens is 174 g/mol. The average Bonchev–Trinajstić information content (AvgIpc) is 2.13. The molecule has 1 aromatic rings. The van der Waals surface area contributed by atoms with Crippen molar-refractivity contribution in [1.82, 2.24) is 0 Å². The summed E-state index contributed by atoms with van der Waals surface area (Å²) < 4.78 is 30.9. The molecule has 0 N–H and O–H groups in total. The molecule has 0 saturated carbocycles. The predicted molar refractivity (Wildman–Crippen MR) is 46.8 cm³/mol. The van der Waals surface area contributed by atoms with Crippen LogP contribution in [-0.2, 0) is 0 Å². The van der Waals surface area contributed by atoms with Gasteiger partial charge in [-0.2, -0.15) is 0 Å². The molecule has 0 amide bonds. The van der Waals surface area contributed by atoms with E-state index in [-0.39, 0.29) is 17.9 Å². The summed E-state index contributed by atoms with van der Waals surface area (Å²) in [5.41, 5.74) is -0.0263. The lowest BCUT2D eigenvalue weighted by Gasteiger charge is -2.06. The third kappa shape index (κ3) is 2.05. The fourth-order valence-electron chi connectivity index (χ4n) is 0.897. The van der Waals surface area contributed by atoms with Crippen LogP contribution in [0.2, 0.25) is 0 Å². The van der Waals surface area contributed by atoms with Crippen molar-refractivity contribution in [3.63, 3.8) is 0 Å². The lowest BCUT2D eigenvalue weighted by molar-refractivity contribution is 0.339. The van der Waals surface area contributed by atoms with E-state index in [1.165, 1.54) is 25.1 Å². The van der Waals surface area contributed by atoms with Crippen LogP contribution < -0.4 is 4.74 Å². The minimum atomic E-state index is -0.651. The molecule has 0 fully saturated rings. The van der Waals surface area contributed by atoms with Gasteiger partial charge in [-0.25, -0.2) is 8.78 Å². The van der Waals surface area contributed by atoms with Gasteiger partial charge in [-0.15, -0.1) is 0 Å². The number of halogens is 2. The second-order valence-electron chi connectivity index (χ2n) is 2.58. The summed E-state index contributed by atoms with van der Waals surface area (Å²) in [6, 6.07) is 2.44. The first-order chi connectivity index (χ1) is 6.16. The lowest BCUT2D eigenvalue weighted by atomic mass is 10.2. The summed E-state index contributed by atoms with van der Waals surface area (Å²) in [6.45, 7) is 5.00. The zero-order chi connectivity index (χ0) is 9.84. The maximum atomic E-state index is 13.2. The third-order valence-corrected chi connectivity index (χ3v) is 1.64. The van der Waals surface area contributed by atoms with Gasteiger partial charge in [0.1, 0.15) is 12.4 Å². The van der Waals surface area contributed by atoms with Gasteiger partial charge in [0, 0.05) is 5.56 Å². The van der Waals surface area contributed by atoms with Crippen molar-refractivity contribution in [3.8, 4) is 5.75 Å². The Kier molecular flexibility index (Phi) is 3.01. The molecule has 70 valence electrons. The minimum absolute atomic E-state index is 0.0263. The highest BCUT2D eigenvalue weighted by molar-refractivity contribution is 5.31. The van der Waals surface area contributed by atoms with Crippen molar-refractivity contribution < 1.29 is 13.5 Å². The number of hydrogen-bond donors (Lipinski definition) is 0. The van der Waals surface area contributed by atoms with Gasteiger partial charge >= 0.3 is 0 Å². The van der Waals surface area contributed by atoms with Crippen LogP contribution in [-0.4, -0.2) is 6.61 Å². The zero-order valence-electron chi connectivity index (χ0n) is 7.31. The molecule has 0 aliphatic rings. The van der Waals surface area contributed by atoms with E-state index in [4.69, 9.17) is 4.74 Å². The summed E-state index contributed by atoms with van der Waals surface area (Å²) in [5.74, 6) is -1.16. The standard InChI is InChI=1S/C10H10F2O/c1-3-6-13-9-5-4-8(11)7(2)10(9)12/h3-5H,1,6H2,2H3. The van der Waals surface area contributed by atoms with Gasteiger partial charge in [0.2, 0.25) is 0 Å². The molecule has 1 rings (SSSR count). The van der Waals surface area contributed by atoms with Crippen LogP contribution in [0.25, 0.3) is 0 Å². The van der Waals surface area contributed by atoms with Crippen LogP contribution in [0.1, 0.15) is 5.56 Å². The summed E-state index contributed by atoms with van der Waals surface area (Å²) in [4.78, 5) is 0. The Bertz CT molecular complexity index is 321. The summed E-state index contributed by atoms with van der Waals surface area (Å²) in [7, 11) is 0. The normalized spacial score (nSPS) is 9.77. The molecular formula is C10H10F2O. The second kappa shape index (κ2) is 4.03. The molecule has 1 nitrogen and oxygen atoms in total. The second-order valence-corrected chi connectivity index (χ2v) is 2.58. The van der Waals surface area contributed by atoms with Crippen LogP contribution in [0.5, 0.6) is 5.75 Å². The average molecular weight is 184 g/mol. The molecule has 0 atom stereocenters. The molecule has 0 aliphatic heterocycles. The van der Waals surface area contributed by atoms with E-state index in [0.717, 1.165) is 0 Å². The van der Waals surface area contributed by atoms with E-state index in [9.17, 15) is 8.78 Å². The van der Waals surface area contributed by atoms with Crippen molar-refractivity contribution in [2.24, 2.45) is 0 Å². The largest absolute Gasteiger partial charge is 0.486 e. The van der Waals surface area contributed by atoms with Gasteiger partial charge in [-0.1, -0.05) is 12.7 Å².